The van der Waals surface area contributed by atoms with Crippen molar-refractivity contribution in [3.05, 3.63) is 39.6 Å². The number of hydrogen-bond donors (Lipinski definition) is 2. The lowest BCUT2D eigenvalue weighted by Gasteiger charge is -2.07. The number of nitrogens with one attached hydrogen (secondary N) is 1. The van der Waals surface area contributed by atoms with E-state index < -0.39 is 0 Å². The first-order chi connectivity index (χ1) is 8.66. The number of aromatic hydroxyl groups is 1. The number of aromatic nitrogens is 2. The molecule has 1 aliphatic rings. The molecule has 0 amide bonds. The Kier molecular flexibility index (Phi) is 2.48. The van der Waals surface area contributed by atoms with Gasteiger partial charge in [0.25, 0.3) is 5.56 Å². The average molecular weight is 264 g/mol. The highest BCUT2D eigenvalue weighted by molar-refractivity contribution is 6.30. The van der Waals surface area contributed by atoms with Gasteiger partial charge in [-0.25, -0.2) is 0 Å². The topological polar surface area (TPSA) is 67.1 Å². The molecule has 0 saturated carbocycles. The van der Waals surface area contributed by atoms with Gasteiger partial charge in [0.1, 0.15) is 5.56 Å². The number of hydrogen-bond acceptors (Lipinski definition) is 4. The molecular formula is C12H10ClN3O2. The van der Waals surface area contributed by atoms with E-state index in [2.05, 4.69) is 10.3 Å². The van der Waals surface area contributed by atoms with Gasteiger partial charge in [-0.15, -0.1) is 0 Å². The third-order valence-electron chi connectivity index (χ3n) is 2.88. The summed E-state index contributed by atoms with van der Waals surface area (Å²) >= 11 is 5.89. The zero-order chi connectivity index (χ0) is 12.7. The van der Waals surface area contributed by atoms with Crippen LogP contribution < -0.4 is 10.9 Å². The Bertz CT molecular complexity index is 682. The number of anilines is 1. The minimum absolute atomic E-state index is 0.185. The van der Waals surface area contributed by atoms with Gasteiger partial charge in [0.15, 0.2) is 0 Å². The summed E-state index contributed by atoms with van der Waals surface area (Å²) in [5.41, 5.74) is 0.495. The SMILES string of the molecule is O=c1c(-c2cccc(Cl)c2)c(O)nc2n1CCN2. The Balaban J connectivity index is 2.27. The molecule has 2 N–H and O–H groups in total. The fourth-order valence-electron chi connectivity index (χ4n) is 2.06. The quantitative estimate of drug-likeness (QED) is 0.822. The van der Waals surface area contributed by atoms with Crippen LogP contribution in [0.5, 0.6) is 5.88 Å². The molecule has 1 aromatic heterocycles. The van der Waals surface area contributed by atoms with Gasteiger partial charge in [0.2, 0.25) is 11.8 Å². The van der Waals surface area contributed by atoms with Crippen molar-refractivity contribution in [2.24, 2.45) is 0 Å². The van der Waals surface area contributed by atoms with Crippen molar-refractivity contribution in [1.82, 2.24) is 9.55 Å². The molecule has 2 heterocycles. The van der Waals surface area contributed by atoms with Gasteiger partial charge < -0.3 is 10.4 Å². The molecule has 0 spiro atoms. The second-order valence-corrected chi connectivity index (χ2v) is 4.46. The molecule has 92 valence electrons. The summed E-state index contributed by atoms with van der Waals surface area (Å²) < 4.78 is 1.51. The van der Waals surface area contributed by atoms with Crippen molar-refractivity contribution in [2.45, 2.75) is 6.54 Å². The van der Waals surface area contributed by atoms with Crippen LogP contribution in [0.15, 0.2) is 29.1 Å². The van der Waals surface area contributed by atoms with Gasteiger partial charge in [0, 0.05) is 18.1 Å². The van der Waals surface area contributed by atoms with Crippen LogP contribution in [-0.2, 0) is 6.54 Å². The lowest BCUT2D eigenvalue weighted by Crippen LogP contribution is -2.20. The van der Waals surface area contributed by atoms with E-state index in [1.807, 2.05) is 0 Å². The van der Waals surface area contributed by atoms with Gasteiger partial charge >= 0.3 is 0 Å². The molecule has 6 heteroatoms. The fraction of sp³-hybridized carbons (Fsp3) is 0.167. The van der Waals surface area contributed by atoms with Crippen LogP contribution in [0.2, 0.25) is 5.02 Å². The number of benzene rings is 1. The van der Waals surface area contributed by atoms with E-state index in [9.17, 15) is 9.90 Å². The number of rotatable bonds is 1. The summed E-state index contributed by atoms with van der Waals surface area (Å²) in [7, 11) is 0. The zero-order valence-electron chi connectivity index (χ0n) is 9.35. The van der Waals surface area contributed by atoms with Gasteiger partial charge in [-0.1, -0.05) is 23.7 Å². The monoisotopic (exact) mass is 263 g/mol. The highest BCUT2D eigenvalue weighted by Gasteiger charge is 2.20. The van der Waals surface area contributed by atoms with Gasteiger partial charge in [0.05, 0.1) is 0 Å². The van der Waals surface area contributed by atoms with Crippen LogP contribution in [0.25, 0.3) is 11.1 Å². The average Bonchev–Trinajstić information content (AvgIpc) is 2.77. The second-order valence-electron chi connectivity index (χ2n) is 4.03. The van der Waals surface area contributed by atoms with Crippen LogP contribution in [0.4, 0.5) is 5.95 Å². The molecular weight excluding hydrogens is 254 g/mol. The Morgan fingerprint density at radius 3 is 3.06 bits per heavy atom. The number of halogens is 1. The van der Waals surface area contributed by atoms with Crippen molar-refractivity contribution < 1.29 is 5.11 Å². The summed E-state index contributed by atoms with van der Waals surface area (Å²) in [6.45, 7) is 1.19. The van der Waals surface area contributed by atoms with Crippen LogP contribution in [0.1, 0.15) is 0 Å². The minimum Gasteiger partial charge on any atom is -0.493 e. The van der Waals surface area contributed by atoms with E-state index >= 15 is 0 Å². The Labute approximate surface area is 108 Å². The minimum atomic E-state index is -0.275. The Morgan fingerprint density at radius 1 is 1.44 bits per heavy atom. The van der Waals surface area contributed by atoms with E-state index in [1.54, 1.807) is 24.3 Å². The van der Waals surface area contributed by atoms with Crippen LogP contribution >= 0.6 is 11.6 Å². The summed E-state index contributed by atoms with van der Waals surface area (Å²) in [5.74, 6) is 0.131. The Hall–Kier alpha value is -2.01. The molecule has 3 rings (SSSR count). The maximum atomic E-state index is 12.3. The fourth-order valence-corrected chi connectivity index (χ4v) is 2.25. The maximum Gasteiger partial charge on any atom is 0.266 e. The van der Waals surface area contributed by atoms with Crippen molar-refractivity contribution >= 4 is 17.5 Å². The van der Waals surface area contributed by atoms with Crippen molar-refractivity contribution in [2.75, 3.05) is 11.9 Å². The molecule has 0 saturated heterocycles. The van der Waals surface area contributed by atoms with Crippen LogP contribution in [0, 0.1) is 0 Å². The molecule has 0 atom stereocenters. The third kappa shape index (κ3) is 1.64. The van der Waals surface area contributed by atoms with Crippen LogP contribution in [-0.4, -0.2) is 21.2 Å². The number of fused-ring (bicyclic) bond motifs is 1. The molecule has 0 unspecified atom stereocenters. The molecule has 2 aromatic rings. The number of nitrogens with zero attached hydrogens (tertiary/aromatic N) is 2. The van der Waals surface area contributed by atoms with Crippen molar-refractivity contribution in [3.63, 3.8) is 0 Å². The molecule has 0 radical (unpaired) electrons. The highest BCUT2D eigenvalue weighted by Crippen LogP contribution is 2.27. The molecule has 1 aliphatic heterocycles. The molecule has 18 heavy (non-hydrogen) atoms. The van der Waals surface area contributed by atoms with Gasteiger partial charge in [-0.3, -0.25) is 9.36 Å². The lowest BCUT2D eigenvalue weighted by molar-refractivity contribution is 0.452. The first-order valence-corrected chi connectivity index (χ1v) is 5.88. The highest BCUT2D eigenvalue weighted by atomic mass is 35.5. The summed E-state index contributed by atoms with van der Waals surface area (Å²) in [6, 6.07) is 6.79. The van der Waals surface area contributed by atoms with Crippen molar-refractivity contribution in [1.29, 1.82) is 0 Å². The normalized spacial score (nSPS) is 13.2. The maximum absolute atomic E-state index is 12.3. The third-order valence-corrected chi connectivity index (χ3v) is 3.12. The molecule has 0 bridgehead atoms. The lowest BCUT2D eigenvalue weighted by atomic mass is 10.1. The smallest absolute Gasteiger partial charge is 0.266 e. The summed E-state index contributed by atoms with van der Waals surface area (Å²) in [5, 5.41) is 13.3. The van der Waals surface area contributed by atoms with E-state index in [4.69, 9.17) is 11.6 Å². The van der Waals surface area contributed by atoms with Gasteiger partial charge in [-0.2, -0.15) is 4.98 Å². The van der Waals surface area contributed by atoms with Crippen LogP contribution in [0.3, 0.4) is 0 Å². The van der Waals surface area contributed by atoms with Gasteiger partial charge in [-0.05, 0) is 17.7 Å². The van der Waals surface area contributed by atoms with E-state index in [-0.39, 0.29) is 17.0 Å². The predicted molar refractivity (Wildman–Crippen MR) is 69.1 cm³/mol. The summed E-state index contributed by atoms with van der Waals surface area (Å²) in [4.78, 5) is 16.3. The largest absolute Gasteiger partial charge is 0.493 e. The van der Waals surface area contributed by atoms with E-state index in [0.717, 1.165) is 0 Å². The predicted octanol–water partition coefficient (Wildman–Crippen LogP) is 1.69. The summed E-state index contributed by atoms with van der Waals surface area (Å²) in [6.07, 6.45) is 0. The molecule has 0 aliphatic carbocycles. The van der Waals surface area contributed by atoms with E-state index in [0.29, 0.717) is 29.6 Å². The standard InChI is InChI=1S/C12H10ClN3O2/c13-8-3-1-2-7(6-8)9-10(17)15-12-14-4-5-16(12)11(9)18/h1-3,6,17H,4-5H2,(H,14,15). The molecule has 5 nitrogen and oxygen atoms in total. The first-order valence-electron chi connectivity index (χ1n) is 5.50. The molecule has 1 aromatic carbocycles. The van der Waals surface area contributed by atoms with Crippen molar-refractivity contribution in [3.8, 4) is 17.0 Å². The molecule has 0 fully saturated rings. The Morgan fingerprint density at radius 2 is 2.28 bits per heavy atom. The first kappa shape index (κ1) is 11.1. The zero-order valence-corrected chi connectivity index (χ0v) is 10.1. The second kappa shape index (κ2) is 4.03. The van der Waals surface area contributed by atoms with E-state index in [1.165, 1.54) is 4.57 Å².